The van der Waals surface area contributed by atoms with Gasteiger partial charge in [0, 0.05) is 6.04 Å². The summed E-state index contributed by atoms with van der Waals surface area (Å²) in [4.78, 5) is 14.0. The van der Waals surface area contributed by atoms with Gasteiger partial charge >= 0.3 is 0 Å². The van der Waals surface area contributed by atoms with Crippen molar-refractivity contribution in [2.75, 3.05) is 33.2 Å². The van der Waals surface area contributed by atoms with Gasteiger partial charge in [0.25, 0.3) is 0 Å². The molecule has 1 amide bonds. The number of carbonyl (C=O) groups is 1. The third-order valence-electron chi connectivity index (χ3n) is 3.82. The lowest BCUT2D eigenvalue weighted by Gasteiger charge is -2.31. The average Bonchev–Trinajstić information content (AvgIpc) is 3.12. The maximum Gasteiger partial charge on any atom is 0.234 e. The van der Waals surface area contributed by atoms with E-state index in [4.69, 9.17) is 0 Å². The second-order valence-corrected chi connectivity index (χ2v) is 5.45. The Morgan fingerprint density at radius 2 is 1.89 bits per heavy atom. The molecule has 0 unspecified atom stereocenters. The highest BCUT2D eigenvalue weighted by Gasteiger charge is 2.25. The number of nitrogens with zero attached hydrogens (tertiary/aromatic N) is 1. The molecule has 18 heavy (non-hydrogen) atoms. The Morgan fingerprint density at radius 3 is 2.44 bits per heavy atom. The van der Waals surface area contributed by atoms with Gasteiger partial charge in [-0.15, -0.1) is 12.4 Å². The van der Waals surface area contributed by atoms with E-state index in [1.54, 1.807) is 0 Å². The van der Waals surface area contributed by atoms with E-state index in [-0.39, 0.29) is 18.3 Å². The van der Waals surface area contributed by atoms with E-state index >= 15 is 0 Å². The van der Waals surface area contributed by atoms with Gasteiger partial charge in [-0.25, -0.2) is 0 Å². The summed E-state index contributed by atoms with van der Waals surface area (Å²) in [7, 11) is 2.01. The van der Waals surface area contributed by atoms with Gasteiger partial charge in [0.2, 0.25) is 5.91 Å². The van der Waals surface area contributed by atoms with Crippen molar-refractivity contribution in [3.63, 3.8) is 0 Å². The number of amides is 1. The third-order valence-corrected chi connectivity index (χ3v) is 3.82. The topological polar surface area (TPSA) is 44.4 Å². The number of nitrogens with one attached hydrogen (secondary N) is 2. The molecular formula is C13H26ClN3O. The van der Waals surface area contributed by atoms with E-state index in [1.807, 2.05) is 7.05 Å². The number of hydrogen-bond acceptors (Lipinski definition) is 3. The van der Waals surface area contributed by atoms with Gasteiger partial charge in [-0.1, -0.05) is 0 Å². The first kappa shape index (κ1) is 15.7. The number of hydrogen-bond donors (Lipinski definition) is 2. The van der Waals surface area contributed by atoms with Crippen LogP contribution in [0.3, 0.4) is 0 Å². The van der Waals surface area contributed by atoms with Gasteiger partial charge in [0.05, 0.1) is 6.54 Å². The molecule has 1 heterocycles. The molecule has 5 heteroatoms. The Kier molecular flexibility index (Phi) is 6.97. The van der Waals surface area contributed by atoms with E-state index in [0.717, 1.165) is 25.6 Å². The molecule has 106 valence electrons. The van der Waals surface area contributed by atoms with Crippen LogP contribution < -0.4 is 10.6 Å². The largest absolute Gasteiger partial charge is 0.352 e. The number of halogens is 1. The number of rotatable bonds is 6. The Morgan fingerprint density at radius 1 is 1.22 bits per heavy atom. The fraction of sp³-hybridized carbons (Fsp3) is 0.923. The average molecular weight is 276 g/mol. The van der Waals surface area contributed by atoms with Crippen molar-refractivity contribution >= 4 is 18.3 Å². The standard InChI is InChI=1S/C13H25N3O.ClH/c1-14-7-4-11-5-8-16(9-6-11)10-13(17)15-12-2-3-12;/h11-12,14H,2-10H2,1H3,(H,15,17);1H. The van der Waals surface area contributed by atoms with Crippen molar-refractivity contribution < 1.29 is 4.79 Å². The normalized spacial score (nSPS) is 21.4. The monoisotopic (exact) mass is 275 g/mol. The first-order chi connectivity index (χ1) is 8.28. The van der Waals surface area contributed by atoms with Crippen molar-refractivity contribution in [2.24, 2.45) is 5.92 Å². The first-order valence-corrected chi connectivity index (χ1v) is 6.94. The minimum absolute atomic E-state index is 0. The zero-order chi connectivity index (χ0) is 12.1. The molecule has 0 aromatic rings. The summed E-state index contributed by atoms with van der Waals surface area (Å²) >= 11 is 0. The molecular weight excluding hydrogens is 250 g/mol. The fourth-order valence-corrected chi connectivity index (χ4v) is 2.49. The van der Waals surface area contributed by atoms with Crippen LogP contribution in [0.2, 0.25) is 0 Å². The molecule has 0 bridgehead atoms. The summed E-state index contributed by atoms with van der Waals surface area (Å²) in [6.07, 6.45) is 6.13. The number of piperidine rings is 1. The minimum atomic E-state index is 0. The summed E-state index contributed by atoms with van der Waals surface area (Å²) in [5, 5.41) is 6.27. The van der Waals surface area contributed by atoms with Gasteiger partial charge in [-0.2, -0.15) is 0 Å². The molecule has 0 aromatic carbocycles. The molecule has 0 atom stereocenters. The van der Waals surface area contributed by atoms with Crippen LogP contribution in [0.15, 0.2) is 0 Å². The van der Waals surface area contributed by atoms with Crippen molar-refractivity contribution in [1.29, 1.82) is 0 Å². The summed E-state index contributed by atoms with van der Waals surface area (Å²) in [6, 6.07) is 0.496. The van der Waals surface area contributed by atoms with E-state index < -0.39 is 0 Å². The molecule has 0 spiro atoms. The van der Waals surface area contributed by atoms with E-state index in [1.165, 1.54) is 32.1 Å². The molecule has 2 rings (SSSR count). The molecule has 1 aliphatic heterocycles. The summed E-state index contributed by atoms with van der Waals surface area (Å²) in [5.41, 5.74) is 0. The van der Waals surface area contributed by atoms with Crippen molar-refractivity contribution in [1.82, 2.24) is 15.5 Å². The quantitative estimate of drug-likeness (QED) is 0.760. The number of likely N-dealkylation sites (tertiary alicyclic amines) is 1. The summed E-state index contributed by atoms with van der Waals surface area (Å²) in [5.74, 6) is 1.08. The van der Waals surface area contributed by atoms with Crippen LogP contribution in [0.4, 0.5) is 0 Å². The van der Waals surface area contributed by atoms with E-state index in [9.17, 15) is 4.79 Å². The summed E-state index contributed by atoms with van der Waals surface area (Å²) < 4.78 is 0. The molecule has 1 aliphatic carbocycles. The molecule has 4 nitrogen and oxygen atoms in total. The Labute approximate surface area is 116 Å². The van der Waals surface area contributed by atoms with Gasteiger partial charge in [0.15, 0.2) is 0 Å². The van der Waals surface area contributed by atoms with Crippen LogP contribution >= 0.6 is 12.4 Å². The molecule has 1 saturated carbocycles. The second kappa shape index (κ2) is 7.97. The lowest BCUT2D eigenvalue weighted by Crippen LogP contribution is -2.42. The van der Waals surface area contributed by atoms with Crippen LogP contribution in [0.1, 0.15) is 32.1 Å². The van der Waals surface area contributed by atoms with Crippen molar-refractivity contribution in [3.8, 4) is 0 Å². The maximum absolute atomic E-state index is 11.7. The van der Waals surface area contributed by atoms with Crippen LogP contribution in [0, 0.1) is 5.92 Å². The van der Waals surface area contributed by atoms with Crippen LogP contribution in [0.5, 0.6) is 0 Å². The Balaban J connectivity index is 0.00000162. The predicted octanol–water partition coefficient (Wildman–Crippen LogP) is 1.01. The van der Waals surface area contributed by atoms with Gasteiger partial charge in [-0.05, 0) is 64.7 Å². The van der Waals surface area contributed by atoms with Crippen LogP contribution in [-0.2, 0) is 4.79 Å². The van der Waals surface area contributed by atoms with Crippen molar-refractivity contribution in [2.45, 2.75) is 38.1 Å². The minimum Gasteiger partial charge on any atom is -0.352 e. The fourth-order valence-electron chi connectivity index (χ4n) is 2.49. The van der Waals surface area contributed by atoms with Gasteiger partial charge in [-0.3, -0.25) is 9.69 Å². The zero-order valence-corrected chi connectivity index (χ0v) is 12.1. The molecule has 1 saturated heterocycles. The van der Waals surface area contributed by atoms with Crippen molar-refractivity contribution in [3.05, 3.63) is 0 Å². The van der Waals surface area contributed by atoms with E-state index in [2.05, 4.69) is 15.5 Å². The SMILES string of the molecule is CNCCC1CCN(CC(=O)NC2CC2)CC1.Cl. The summed E-state index contributed by atoms with van der Waals surface area (Å²) in [6.45, 7) is 3.90. The lowest BCUT2D eigenvalue weighted by atomic mass is 9.93. The number of carbonyl (C=O) groups excluding carboxylic acids is 1. The highest BCUT2D eigenvalue weighted by Crippen LogP contribution is 2.20. The lowest BCUT2D eigenvalue weighted by molar-refractivity contribution is -0.122. The predicted molar refractivity (Wildman–Crippen MR) is 76.1 cm³/mol. The molecule has 2 fully saturated rings. The highest BCUT2D eigenvalue weighted by atomic mass is 35.5. The maximum atomic E-state index is 11.7. The molecule has 0 aromatic heterocycles. The smallest absolute Gasteiger partial charge is 0.234 e. The third kappa shape index (κ3) is 5.55. The zero-order valence-electron chi connectivity index (χ0n) is 11.3. The Hall–Kier alpha value is -0.320. The highest BCUT2D eigenvalue weighted by molar-refractivity contribution is 5.85. The molecule has 2 N–H and O–H groups in total. The van der Waals surface area contributed by atoms with Gasteiger partial charge < -0.3 is 10.6 Å². The molecule has 2 aliphatic rings. The second-order valence-electron chi connectivity index (χ2n) is 5.45. The van der Waals surface area contributed by atoms with Crippen LogP contribution in [-0.4, -0.2) is 50.1 Å². The Bertz CT molecular complexity index is 251. The van der Waals surface area contributed by atoms with E-state index in [0.29, 0.717) is 12.6 Å². The van der Waals surface area contributed by atoms with Crippen LogP contribution in [0.25, 0.3) is 0 Å². The van der Waals surface area contributed by atoms with Gasteiger partial charge in [0.1, 0.15) is 0 Å². The molecule has 0 radical (unpaired) electrons. The first-order valence-electron chi connectivity index (χ1n) is 6.94.